The molecule has 1 aromatic carbocycles. The molecule has 0 N–H and O–H groups in total. The zero-order valence-electron chi connectivity index (χ0n) is 10.4. The van der Waals surface area contributed by atoms with Gasteiger partial charge in [0.1, 0.15) is 0 Å². The van der Waals surface area contributed by atoms with Crippen LogP contribution in [0.5, 0.6) is 0 Å². The predicted molar refractivity (Wildman–Crippen MR) is 73.2 cm³/mol. The number of nitrogens with zero attached hydrogens (tertiary/aromatic N) is 2. The lowest BCUT2D eigenvalue weighted by Crippen LogP contribution is -2.24. The number of halogens is 1. The molecule has 0 aliphatic heterocycles. The van der Waals surface area contributed by atoms with Gasteiger partial charge in [-0.05, 0) is 36.4 Å². The zero-order chi connectivity index (χ0) is 13.1. The molecule has 0 aliphatic carbocycles. The van der Waals surface area contributed by atoms with Crippen molar-refractivity contribution in [2.24, 2.45) is 0 Å². The molecule has 0 saturated heterocycles. The van der Waals surface area contributed by atoms with E-state index in [9.17, 15) is 4.79 Å². The van der Waals surface area contributed by atoms with E-state index < -0.39 is 0 Å². The quantitative estimate of drug-likeness (QED) is 0.835. The molecular formula is C14H15ClN2O. The number of likely N-dealkylation sites (N-methyl/N-ethyl adjacent to an activating group) is 1. The van der Waals surface area contributed by atoms with E-state index in [-0.39, 0.29) is 5.91 Å². The summed E-state index contributed by atoms with van der Waals surface area (Å²) < 4.78 is 2.00. The Morgan fingerprint density at radius 2 is 1.89 bits per heavy atom. The maximum Gasteiger partial charge on any atom is 0.228 e. The number of hydrogen-bond donors (Lipinski definition) is 0. The molecule has 0 aliphatic rings. The Balaban J connectivity index is 2.27. The number of benzene rings is 1. The van der Waals surface area contributed by atoms with E-state index in [2.05, 4.69) is 0 Å². The van der Waals surface area contributed by atoms with Gasteiger partial charge in [-0.15, -0.1) is 0 Å². The fraction of sp³-hybridized carbons (Fsp3) is 0.214. The summed E-state index contributed by atoms with van der Waals surface area (Å²) in [6.07, 6.45) is 2.34. The first-order valence-electron chi connectivity index (χ1n) is 5.70. The fourth-order valence-electron chi connectivity index (χ4n) is 1.73. The summed E-state index contributed by atoms with van der Waals surface area (Å²) in [5, 5.41) is 0.705. The van der Waals surface area contributed by atoms with Crippen molar-refractivity contribution >= 4 is 17.5 Å². The highest BCUT2D eigenvalue weighted by Gasteiger charge is 2.10. The van der Waals surface area contributed by atoms with Crippen molar-refractivity contribution < 1.29 is 4.79 Å². The minimum absolute atomic E-state index is 0.0870. The van der Waals surface area contributed by atoms with Gasteiger partial charge < -0.3 is 9.47 Å². The van der Waals surface area contributed by atoms with Gasteiger partial charge in [0.25, 0.3) is 0 Å². The first kappa shape index (κ1) is 12.7. The first-order chi connectivity index (χ1) is 8.58. The van der Waals surface area contributed by atoms with E-state index in [0.717, 1.165) is 11.4 Å². The zero-order valence-corrected chi connectivity index (χ0v) is 11.2. The smallest absolute Gasteiger partial charge is 0.228 e. The Morgan fingerprint density at radius 1 is 1.22 bits per heavy atom. The Bertz CT molecular complexity index is 543. The Kier molecular flexibility index (Phi) is 3.72. The number of carbonyl (C=O) groups excluding carboxylic acids is 1. The van der Waals surface area contributed by atoms with Gasteiger partial charge in [0, 0.05) is 36.7 Å². The van der Waals surface area contributed by atoms with Gasteiger partial charge in [-0.2, -0.15) is 0 Å². The van der Waals surface area contributed by atoms with E-state index >= 15 is 0 Å². The molecule has 1 heterocycles. The normalized spacial score (nSPS) is 10.4. The van der Waals surface area contributed by atoms with Gasteiger partial charge in [0.2, 0.25) is 5.91 Å². The summed E-state index contributed by atoms with van der Waals surface area (Å²) in [6.45, 7) is 0. The Hall–Kier alpha value is -1.74. The molecule has 2 aromatic rings. The number of amides is 1. The van der Waals surface area contributed by atoms with Gasteiger partial charge in [-0.1, -0.05) is 11.6 Å². The molecule has 3 nitrogen and oxygen atoms in total. The average molecular weight is 263 g/mol. The third kappa shape index (κ3) is 2.74. The van der Waals surface area contributed by atoms with Crippen LogP contribution in [-0.2, 0) is 11.2 Å². The minimum atomic E-state index is 0.0870. The lowest BCUT2D eigenvalue weighted by molar-refractivity contribution is -0.128. The molecule has 0 atom stereocenters. The molecule has 2 rings (SSSR count). The van der Waals surface area contributed by atoms with Gasteiger partial charge >= 0.3 is 0 Å². The SMILES string of the molecule is CN(C)C(=O)Cc1cccn1-c1ccc(Cl)cc1. The lowest BCUT2D eigenvalue weighted by Gasteiger charge is -2.12. The number of aromatic nitrogens is 1. The van der Waals surface area contributed by atoms with Crippen LogP contribution in [0.15, 0.2) is 42.6 Å². The van der Waals surface area contributed by atoms with Gasteiger partial charge in [-0.3, -0.25) is 4.79 Å². The molecule has 0 fully saturated rings. The van der Waals surface area contributed by atoms with E-state index in [4.69, 9.17) is 11.6 Å². The Labute approximate surface area is 112 Å². The molecule has 0 bridgehead atoms. The third-order valence-corrected chi connectivity index (χ3v) is 3.02. The van der Waals surface area contributed by atoms with Crippen LogP contribution in [0, 0.1) is 0 Å². The first-order valence-corrected chi connectivity index (χ1v) is 6.08. The van der Waals surface area contributed by atoms with E-state index in [0.29, 0.717) is 11.4 Å². The molecule has 4 heteroatoms. The van der Waals surface area contributed by atoms with E-state index in [1.54, 1.807) is 19.0 Å². The van der Waals surface area contributed by atoms with Gasteiger partial charge in [0.05, 0.1) is 6.42 Å². The maximum absolute atomic E-state index is 11.7. The molecule has 94 valence electrons. The van der Waals surface area contributed by atoms with Crippen molar-refractivity contribution in [2.45, 2.75) is 6.42 Å². The highest BCUT2D eigenvalue weighted by atomic mass is 35.5. The van der Waals surface area contributed by atoms with Crippen molar-refractivity contribution in [1.82, 2.24) is 9.47 Å². The van der Waals surface area contributed by atoms with Gasteiger partial charge in [-0.25, -0.2) is 0 Å². The minimum Gasteiger partial charge on any atom is -0.348 e. The second-order valence-corrected chi connectivity index (χ2v) is 4.75. The van der Waals surface area contributed by atoms with Crippen molar-refractivity contribution in [2.75, 3.05) is 14.1 Å². The molecule has 0 unspecified atom stereocenters. The summed E-state index contributed by atoms with van der Waals surface area (Å²) in [6, 6.07) is 11.4. The molecule has 0 spiro atoms. The molecule has 18 heavy (non-hydrogen) atoms. The molecule has 1 aromatic heterocycles. The monoisotopic (exact) mass is 262 g/mol. The van der Waals surface area contributed by atoms with Crippen LogP contribution in [-0.4, -0.2) is 29.5 Å². The van der Waals surface area contributed by atoms with Crippen LogP contribution in [0.25, 0.3) is 5.69 Å². The van der Waals surface area contributed by atoms with Crippen LogP contribution in [0.3, 0.4) is 0 Å². The van der Waals surface area contributed by atoms with E-state index in [1.165, 1.54) is 0 Å². The topological polar surface area (TPSA) is 25.2 Å². The summed E-state index contributed by atoms with van der Waals surface area (Å²) in [7, 11) is 3.52. The summed E-state index contributed by atoms with van der Waals surface area (Å²) in [5.41, 5.74) is 1.97. The summed E-state index contributed by atoms with van der Waals surface area (Å²) in [4.78, 5) is 13.3. The standard InChI is InChI=1S/C14H15ClN2O/c1-16(2)14(18)10-13-4-3-9-17(13)12-7-5-11(15)6-8-12/h3-9H,10H2,1-2H3. The summed E-state index contributed by atoms with van der Waals surface area (Å²) in [5.74, 6) is 0.0870. The molecular weight excluding hydrogens is 248 g/mol. The molecule has 0 radical (unpaired) electrons. The van der Waals surface area contributed by atoms with Crippen molar-refractivity contribution in [1.29, 1.82) is 0 Å². The predicted octanol–water partition coefficient (Wildman–Crippen LogP) is 2.76. The average Bonchev–Trinajstić information content (AvgIpc) is 2.78. The van der Waals surface area contributed by atoms with Crippen LogP contribution in [0.4, 0.5) is 0 Å². The Morgan fingerprint density at radius 3 is 2.50 bits per heavy atom. The highest BCUT2D eigenvalue weighted by molar-refractivity contribution is 6.30. The van der Waals surface area contributed by atoms with E-state index in [1.807, 2.05) is 47.2 Å². The maximum atomic E-state index is 11.7. The number of carbonyl (C=O) groups is 1. The van der Waals surface area contributed by atoms with Crippen LogP contribution in [0.1, 0.15) is 5.69 Å². The highest BCUT2D eigenvalue weighted by Crippen LogP contribution is 2.16. The van der Waals surface area contributed by atoms with Crippen molar-refractivity contribution in [3.8, 4) is 5.69 Å². The molecule has 1 amide bonds. The lowest BCUT2D eigenvalue weighted by atomic mass is 10.2. The van der Waals surface area contributed by atoms with Crippen LogP contribution < -0.4 is 0 Å². The number of hydrogen-bond acceptors (Lipinski definition) is 1. The second-order valence-electron chi connectivity index (χ2n) is 4.31. The van der Waals surface area contributed by atoms with Crippen LogP contribution in [0.2, 0.25) is 5.02 Å². The largest absolute Gasteiger partial charge is 0.348 e. The number of rotatable bonds is 3. The summed E-state index contributed by atoms with van der Waals surface area (Å²) >= 11 is 5.87. The van der Waals surface area contributed by atoms with Crippen molar-refractivity contribution in [3.63, 3.8) is 0 Å². The van der Waals surface area contributed by atoms with Gasteiger partial charge in [0.15, 0.2) is 0 Å². The molecule has 0 saturated carbocycles. The fourth-order valence-corrected chi connectivity index (χ4v) is 1.85. The van der Waals surface area contributed by atoms with Crippen molar-refractivity contribution in [3.05, 3.63) is 53.3 Å². The third-order valence-electron chi connectivity index (χ3n) is 2.77. The van der Waals surface area contributed by atoms with Crippen LogP contribution >= 0.6 is 11.6 Å². The second kappa shape index (κ2) is 5.27.